The summed E-state index contributed by atoms with van der Waals surface area (Å²) in [7, 11) is 1.26. The Morgan fingerprint density at radius 1 is 1.11 bits per heavy atom. The van der Waals surface area contributed by atoms with Crippen LogP contribution in [0.2, 0.25) is 0 Å². The number of carbonyl (C=O) groups excluding carboxylic acids is 1. The monoisotopic (exact) mass is 373 g/mol. The van der Waals surface area contributed by atoms with Crippen LogP contribution in [0.25, 0.3) is 5.69 Å². The number of aryl methyl sites for hydroxylation is 2. The van der Waals surface area contributed by atoms with Gasteiger partial charge in [-0.15, -0.1) is 5.11 Å². The zero-order valence-electron chi connectivity index (χ0n) is 15.8. The maximum absolute atomic E-state index is 12.3. The lowest BCUT2D eigenvalue weighted by atomic mass is 10.2. The van der Waals surface area contributed by atoms with Crippen LogP contribution in [-0.4, -0.2) is 17.6 Å². The number of benzene rings is 2. The van der Waals surface area contributed by atoms with Gasteiger partial charge in [-0.25, -0.2) is 4.79 Å². The molecule has 0 aliphatic rings. The van der Waals surface area contributed by atoms with Gasteiger partial charge in [-0.05, 0) is 43.7 Å². The Labute approximate surface area is 162 Å². The van der Waals surface area contributed by atoms with Crippen LogP contribution in [0.1, 0.15) is 27.2 Å². The van der Waals surface area contributed by atoms with E-state index < -0.39 is 5.97 Å². The fraction of sp³-hybridized carbons (Fsp3) is 0.143. The molecule has 140 valence electrons. The number of esters is 1. The predicted molar refractivity (Wildman–Crippen MR) is 106 cm³/mol. The van der Waals surface area contributed by atoms with Gasteiger partial charge in [-0.1, -0.05) is 23.8 Å². The molecule has 0 fully saturated rings. The van der Waals surface area contributed by atoms with Crippen LogP contribution in [0, 0.1) is 25.2 Å². The van der Waals surface area contributed by atoms with E-state index in [0.29, 0.717) is 17.1 Å². The second-order valence-corrected chi connectivity index (χ2v) is 6.31. The summed E-state index contributed by atoms with van der Waals surface area (Å²) in [5, 5.41) is 18.0. The smallest absolute Gasteiger partial charge is 0.357 e. The van der Waals surface area contributed by atoms with Crippen LogP contribution >= 0.6 is 0 Å². The summed E-state index contributed by atoms with van der Waals surface area (Å²) in [6.07, 6.45) is 1.50. The van der Waals surface area contributed by atoms with Gasteiger partial charge in [-0.2, -0.15) is 10.4 Å². The number of carbonyl (C=O) groups is 1. The number of nitrogens with zero attached hydrogens (tertiary/aromatic N) is 4. The van der Waals surface area contributed by atoms with Crippen LogP contribution in [0.5, 0.6) is 0 Å². The number of rotatable bonds is 4. The third-order valence-electron chi connectivity index (χ3n) is 4.24. The Bertz CT molecular complexity index is 1110. The van der Waals surface area contributed by atoms with Crippen molar-refractivity contribution < 1.29 is 9.53 Å². The van der Waals surface area contributed by atoms with Gasteiger partial charge in [0.2, 0.25) is 0 Å². The second-order valence-electron chi connectivity index (χ2n) is 6.31. The Balaban J connectivity index is 2.15. The van der Waals surface area contributed by atoms with Crippen molar-refractivity contribution in [1.82, 2.24) is 4.57 Å². The Morgan fingerprint density at radius 3 is 2.43 bits per heavy atom. The molecule has 1 heterocycles. The average molecular weight is 373 g/mol. The number of azo groups is 1. The summed E-state index contributed by atoms with van der Waals surface area (Å²) in [5.41, 5.74) is 10.2. The summed E-state index contributed by atoms with van der Waals surface area (Å²) in [6.45, 7) is 3.93. The van der Waals surface area contributed by atoms with Gasteiger partial charge < -0.3 is 15.0 Å². The largest absolute Gasteiger partial charge is 0.464 e. The highest BCUT2D eigenvalue weighted by molar-refractivity contribution is 5.96. The minimum atomic E-state index is -0.638. The van der Waals surface area contributed by atoms with E-state index >= 15 is 0 Å². The van der Waals surface area contributed by atoms with Gasteiger partial charge in [0.25, 0.3) is 0 Å². The third-order valence-corrected chi connectivity index (χ3v) is 4.24. The minimum Gasteiger partial charge on any atom is -0.464 e. The van der Waals surface area contributed by atoms with Crippen molar-refractivity contribution in [2.24, 2.45) is 10.2 Å². The molecule has 0 saturated carbocycles. The highest BCUT2D eigenvalue weighted by Crippen LogP contribution is 2.32. The molecule has 0 atom stereocenters. The van der Waals surface area contributed by atoms with Crippen molar-refractivity contribution in [1.29, 1.82) is 5.26 Å². The van der Waals surface area contributed by atoms with Crippen molar-refractivity contribution in [3.8, 4) is 11.8 Å². The average Bonchev–Trinajstić information content (AvgIpc) is 3.03. The first-order valence-corrected chi connectivity index (χ1v) is 8.53. The van der Waals surface area contributed by atoms with Crippen LogP contribution in [0.4, 0.5) is 17.1 Å². The van der Waals surface area contributed by atoms with Crippen molar-refractivity contribution in [2.75, 3.05) is 12.8 Å². The van der Waals surface area contributed by atoms with E-state index in [9.17, 15) is 10.1 Å². The van der Waals surface area contributed by atoms with Crippen LogP contribution < -0.4 is 5.73 Å². The zero-order chi connectivity index (χ0) is 20.3. The molecule has 0 aliphatic heterocycles. The molecule has 2 N–H and O–H groups in total. The molecule has 2 aromatic carbocycles. The van der Waals surface area contributed by atoms with Crippen molar-refractivity contribution in [3.63, 3.8) is 0 Å². The van der Waals surface area contributed by atoms with Crippen LogP contribution in [0.3, 0.4) is 0 Å². The zero-order valence-corrected chi connectivity index (χ0v) is 15.8. The fourth-order valence-electron chi connectivity index (χ4n) is 2.74. The molecule has 0 saturated heterocycles. The van der Waals surface area contributed by atoms with Gasteiger partial charge >= 0.3 is 5.97 Å². The summed E-state index contributed by atoms with van der Waals surface area (Å²) in [5.74, 6) is -0.638. The lowest BCUT2D eigenvalue weighted by Gasteiger charge is -2.11. The molecule has 0 spiro atoms. The number of nitriles is 1. The molecule has 0 amide bonds. The topological polar surface area (TPSA) is 106 Å². The molecule has 0 unspecified atom stereocenters. The molecule has 1 aromatic heterocycles. The number of ether oxygens (including phenoxy) is 1. The van der Waals surface area contributed by atoms with E-state index in [2.05, 4.69) is 10.2 Å². The first kappa shape index (κ1) is 18.9. The highest BCUT2D eigenvalue weighted by Gasteiger charge is 2.23. The molecular formula is C21H19N5O2. The maximum atomic E-state index is 12.3. The number of hydrogen-bond donors (Lipinski definition) is 1. The fourth-order valence-corrected chi connectivity index (χ4v) is 2.74. The van der Waals surface area contributed by atoms with E-state index in [0.717, 1.165) is 11.1 Å². The molecular weight excluding hydrogens is 354 g/mol. The predicted octanol–water partition coefficient (Wildman–Crippen LogP) is 4.75. The van der Waals surface area contributed by atoms with E-state index in [1.54, 1.807) is 6.07 Å². The molecule has 3 rings (SSSR count). The number of hydrogen-bond acceptors (Lipinski definition) is 6. The summed E-state index contributed by atoms with van der Waals surface area (Å²) in [6, 6.07) is 15.2. The molecule has 0 bridgehead atoms. The second kappa shape index (κ2) is 7.76. The summed E-state index contributed by atoms with van der Waals surface area (Å²) in [4.78, 5) is 12.3. The van der Waals surface area contributed by atoms with E-state index in [-0.39, 0.29) is 16.9 Å². The molecule has 3 aromatic rings. The third kappa shape index (κ3) is 3.62. The minimum absolute atomic E-state index is 0.0661. The maximum Gasteiger partial charge on any atom is 0.357 e. The number of anilines is 1. The number of nitrogen functional groups attached to an aromatic ring is 1. The SMILES string of the molecule is COC(=O)c1c(N)c(C#N)cn1-c1ccc(C)cc1N=Nc1ccc(C)cc1. The van der Waals surface area contributed by atoms with Gasteiger partial charge in [0.05, 0.1) is 29.7 Å². The molecule has 28 heavy (non-hydrogen) atoms. The first-order chi connectivity index (χ1) is 13.4. The Morgan fingerprint density at radius 2 is 1.79 bits per heavy atom. The number of nitrogens with two attached hydrogens (primary N) is 1. The van der Waals surface area contributed by atoms with Crippen molar-refractivity contribution in [2.45, 2.75) is 13.8 Å². The number of aromatic nitrogens is 1. The number of methoxy groups -OCH3 is 1. The van der Waals surface area contributed by atoms with Gasteiger partial charge in [0.1, 0.15) is 11.8 Å². The quantitative estimate of drug-likeness (QED) is 0.526. The standard InChI is InChI=1S/C21H19N5O2/c1-13-4-7-16(8-5-13)24-25-17-10-14(2)6-9-18(17)26-12-15(11-22)19(23)20(26)21(27)28-3/h4-10,12H,23H2,1-3H3. The van der Waals surface area contributed by atoms with E-state index in [4.69, 9.17) is 10.5 Å². The normalized spacial score (nSPS) is 10.8. The molecule has 0 aliphatic carbocycles. The van der Waals surface area contributed by atoms with Gasteiger partial charge in [0.15, 0.2) is 5.69 Å². The van der Waals surface area contributed by atoms with E-state index in [1.165, 1.54) is 17.9 Å². The Kier molecular flexibility index (Phi) is 5.23. The van der Waals surface area contributed by atoms with Gasteiger partial charge in [0, 0.05) is 6.20 Å². The highest BCUT2D eigenvalue weighted by atomic mass is 16.5. The van der Waals surface area contributed by atoms with Crippen molar-refractivity contribution >= 4 is 23.0 Å². The molecule has 7 nitrogen and oxygen atoms in total. The van der Waals surface area contributed by atoms with Crippen LogP contribution in [-0.2, 0) is 4.74 Å². The first-order valence-electron chi connectivity index (χ1n) is 8.53. The lowest BCUT2D eigenvalue weighted by molar-refractivity contribution is 0.0593. The molecule has 0 radical (unpaired) electrons. The van der Waals surface area contributed by atoms with Crippen molar-refractivity contribution in [3.05, 3.63) is 71.0 Å². The summed E-state index contributed by atoms with van der Waals surface area (Å²) < 4.78 is 6.35. The lowest BCUT2D eigenvalue weighted by Crippen LogP contribution is -2.11. The molecule has 7 heteroatoms. The van der Waals surface area contributed by atoms with E-state index in [1.807, 2.05) is 56.3 Å². The summed E-state index contributed by atoms with van der Waals surface area (Å²) >= 11 is 0. The Hall–Kier alpha value is -3.92. The van der Waals surface area contributed by atoms with Gasteiger partial charge in [-0.3, -0.25) is 0 Å². The van der Waals surface area contributed by atoms with Crippen LogP contribution in [0.15, 0.2) is 58.9 Å².